The van der Waals surface area contributed by atoms with Crippen molar-refractivity contribution in [2.24, 2.45) is 7.05 Å². The Hall–Kier alpha value is -3.61. The van der Waals surface area contributed by atoms with E-state index in [1.807, 2.05) is 25.2 Å². The number of hydrogen-bond acceptors (Lipinski definition) is 5. The minimum Gasteiger partial charge on any atom is -0.481 e. The number of benzene rings is 1. The molecule has 3 aromatic heterocycles. The van der Waals surface area contributed by atoms with Crippen LogP contribution in [-0.4, -0.2) is 31.8 Å². The number of aryl methyl sites for hydroxylation is 1. The van der Waals surface area contributed by atoms with Crippen LogP contribution in [0.25, 0.3) is 22.8 Å². The van der Waals surface area contributed by atoms with E-state index in [0.29, 0.717) is 11.7 Å². The highest BCUT2D eigenvalue weighted by molar-refractivity contribution is 5.65. The fourth-order valence-electron chi connectivity index (χ4n) is 2.35. The third kappa shape index (κ3) is 4.72. The summed E-state index contributed by atoms with van der Waals surface area (Å²) >= 11 is 0. The SMILES string of the molecule is COc1ccc(-c2cc(-c3ncccn3)nn2C)cn1.Fc1ccccc1. The molecule has 0 unspecified atom stereocenters. The summed E-state index contributed by atoms with van der Waals surface area (Å²) in [6, 6.07) is 15.4. The Bertz CT molecular complexity index is 972. The van der Waals surface area contributed by atoms with E-state index < -0.39 is 0 Å². The van der Waals surface area contributed by atoms with Gasteiger partial charge in [0.1, 0.15) is 11.5 Å². The molecule has 0 amide bonds. The molecule has 4 aromatic rings. The van der Waals surface area contributed by atoms with Gasteiger partial charge in [-0.3, -0.25) is 4.68 Å². The minimum absolute atomic E-state index is 0.178. The maximum Gasteiger partial charge on any atom is 0.212 e. The molecule has 6 nitrogen and oxygen atoms in total. The zero-order valence-corrected chi connectivity index (χ0v) is 15.0. The van der Waals surface area contributed by atoms with Crippen molar-refractivity contribution in [1.29, 1.82) is 0 Å². The first kappa shape index (κ1) is 18.2. The molecule has 3 heterocycles. The van der Waals surface area contributed by atoms with Crippen LogP contribution in [0.2, 0.25) is 0 Å². The van der Waals surface area contributed by atoms with Crippen molar-refractivity contribution >= 4 is 0 Å². The van der Waals surface area contributed by atoms with Crippen LogP contribution in [0.3, 0.4) is 0 Å². The van der Waals surface area contributed by atoms with Crippen LogP contribution in [0.1, 0.15) is 0 Å². The molecule has 0 N–H and O–H groups in total. The molecule has 0 aliphatic carbocycles. The monoisotopic (exact) mass is 363 g/mol. The van der Waals surface area contributed by atoms with E-state index in [1.54, 1.807) is 54.6 Å². The lowest BCUT2D eigenvalue weighted by atomic mass is 10.2. The van der Waals surface area contributed by atoms with Crippen LogP contribution < -0.4 is 4.74 Å². The molecule has 0 fully saturated rings. The second-order valence-electron chi connectivity index (χ2n) is 5.50. The summed E-state index contributed by atoms with van der Waals surface area (Å²) in [6.45, 7) is 0. The molecule has 7 heteroatoms. The third-order valence-electron chi connectivity index (χ3n) is 3.65. The average Bonchev–Trinajstić information content (AvgIpc) is 3.11. The van der Waals surface area contributed by atoms with Gasteiger partial charge in [0, 0.05) is 37.3 Å². The maximum atomic E-state index is 11.9. The van der Waals surface area contributed by atoms with Gasteiger partial charge >= 0.3 is 0 Å². The molecule has 0 saturated heterocycles. The van der Waals surface area contributed by atoms with Gasteiger partial charge in [-0.05, 0) is 30.3 Å². The fraction of sp³-hybridized carbons (Fsp3) is 0.100. The number of hydrogen-bond donors (Lipinski definition) is 0. The van der Waals surface area contributed by atoms with E-state index in [-0.39, 0.29) is 5.82 Å². The average molecular weight is 363 g/mol. The fourth-order valence-corrected chi connectivity index (χ4v) is 2.35. The van der Waals surface area contributed by atoms with E-state index >= 15 is 0 Å². The standard InChI is InChI=1S/C14H13N5O.C6H5F/c1-19-12(10-4-5-13(20-2)17-9-10)8-11(18-19)14-15-6-3-7-16-14;7-6-4-2-1-3-5-6/h3-9H,1-2H3;1-5H. The molecule has 136 valence electrons. The lowest BCUT2D eigenvalue weighted by Gasteiger charge is -2.02. The highest BCUT2D eigenvalue weighted by Gasteiger charge is 2.11. The molecule has 0 aliphatic rings. The maximum absolute atomic E-state index is 11.9. The van der Waals surface area contributed by atoms with Gasteiger partial charge in [-0.25, -0.2) is 19.3 Å². The first-order chi connectivity index (χ1) is 13.2. The number of aromatic nitrogens is 5. The number of rotatable bonds is 3. The highest BCUT2D eigenvalue weighted by atomic mass is 19.1. The zero-order chi connectivity index (χ0) is 19.1. The van der Waals surface area contributed by atoms with Gasteiger partial charge in [0.25, 0.3) is 0 Å². The van der Waals surface area contributed by atoms with E-state index in [1.165, 1.54) is 12.1 Å². The number of methoxy groups -OCH3 is 1. The van der Waals surface area contributed by atoms with Gasteiger partial charge in [0.05, 0.1) is 12.8 Å². The van der Waals surface area contributed by atoms with E-state index in [2.05, 4.69) is 20.1 Å². The highest BCUT2D eigenvalue weighted by Crippen LogP contribution is 2.24. The van der Waals surface area contributed by atoms with Gasteiger partial charge in [0.15, 0.2) is 5.82 Å². The zero-order valence-electron chi connectivity index (χ0n) is 15.0. The first-order valence-corrected chi connectivity index (χ1v) is 8.20. The Morgan fingerprint density at radius 2 is 1.67 bits per heavy atom. The molecule has 0 atom stereocenters. The van der Waals surface area contributed by atoms with Crippen molar-refractivity contribution in [1.82, 2.24) is 24.7 Å². The Balaban J connectivity index is 0.000000253. The summed E-state index contributed by atoms with van der Waals surface area (Å²) in [7, 11) is 3.48. The molecule has 0 spiro atoms. The predicted octanol–water partition coefficient (Wildman–Crippen LogP) is 3.77. The van der Waals surface area contributed by atoms with Crippen molar-refractivity contribution in [3.8, 4) is 28.7 Å². The summed E-state index contributed by atoms with van der Waals surface area (Å²) in [4.78, 5) is 12.6. The Kier molecular flexibility index (Phi) is 5.84. The third-order valence-corrected chi connectivity index (χ3v) is 3.65. The van der Waals surface area contributed by atoms with Crippen LogP contribution in [0.4, 0.5) is 4.39 Å². The van der Waals surface area contributed by atoms with Gasteiger partial charge in [-0.1, -0.05) is 18.2 Å². The van der Waals surface area contributed by atoms with E-state index in [9.17, 15) is 4.39 Å². The molecule has 0 radical (unpaired) electrons. The minimum atomic E-state index is -0.178. The van der Waals surface area contributed by atoms with Crippen LogP contribution in [0.15, 0.2) is 73.2 Å². The normalized spacial score (nSPS) is 10.0. The quantitative estimate of drug-likeness (QED) is 0.554. The van der Waals surface area contributed by atoms with Crippen molar-refractivity contribution in [2.75, 3.05) is 7.11 Å². The van der Waals surface area contributed by atoms with Crippen molar-refractivity contribution in [3.63, 3.8) is 0 Å². The van der Waals surface area contributed by atoms with Crippen LogP contribution >= 0.6 is 0 Å². The Morgan fingerprint density at radius 1 is 0.926 bits per heavy atom. The topological polar surface area (TPSA) is 65.7 Å². The van der Waals surface area contributed by atoms with Gasteiger partial charge in [-0.15, -0.1) is 0 Å². The summed E-state index contributed by atoms with van der Waals surface area (Å²) < 4.78 is 18.7. The number of ether oxygens (including phenoxy) is 1. The van der Waals surface area contributed by atoms with Crippen LogP contribution in [-0.2, 0) is 7.05 Å². The largest absolute Gasteiger partial charge is 0.481 e. The van der Waals surface area contributed by atoms with E-state index in [0.717, 1.165) is 17.0 Å². The van der Waals surface area contributed by atoms with Crippen LogP contribution in [0, 0.1) is 5.82 Å². The number of halogens is 1. The predicted molar refractivity (Wildman–Crippen MR) is 100 cm³/mol. The molecule has 4 rings (SSSR count). The van der Waals surface area contributed by atoms with Crippen molar-refractivity contribution in [3.05, 3.63) is 79.0 Å². The smallest absolute Gasteiger partial charge is 0.212 e. The second-order valence-corrected chi connectivity index (χ2v) is 5.50. The summed E-state index contributed by atoms with van der Waals surface area (Å²) in [5, 5.41) is 4.43. The van der Waals surface area contributed by atoms with Gasteiger partial charge in [0.2, 0.25) is 5.88 Å². The molecular formula is C20H18FN5O. The van der Waals surface area contributed by atoms with Gasteiger partial charge < -0.3 is 4.74 Å². The molecule has 1 aromatic carbocycles. The summed E-state index contributed by atoms with van der Waals surface area (Å²) in [5.74, 6) is 1.01. The molecule has 0 saturated carbocycles. The van der Waals surface area contributed by atoms with E-state index in [4.69, 9.17) is 4.74 Å². The summed E-state index contributed by atoms with van der Waals surface area (Å²) in [6.07, 6.45) is 5.16. The molecule has 0 bridgehead atoms. The van der Waals surface area contributed by atoms with Crippen molar-refractivity contribution in [2.45, 2.75) is 0 Å². The Morgan fingerprint density at radius 3 is 2.22 bits per heavy atom. The van der Waals surface area contributed by atoms with Crippen molar-refractivity contribution < 1.29 is 9.13 Å². The lowest BCUT2D eigenvalue weighted by Crippen LogP contribution is -1.95. The number of pyridine rings is 1. The molecule has 0 aliphatic heterocycles. The molecule has 27 heavy (non-hydrogen) atoms. The van der Waals surface area contributed by atoms with Gasteiger partial charge in [-0.2, -0.15) is 5.10 Å². The lowest BCUT2D eigenvalue weighted by molar-refractivity contribution is 0.398. The van der Waals surface area contributed by atoms with Crippen LogP contribution in [0.5, 0.6) is 5.88 Å². The first-order valence-electron chi connectivity index (χ1n) is 8.20. The number of nitrogens with zero attached hydrogens (tertiary/aromatic N) is 5. The summed E-state index contributed by atoms with van der Waals surface area (Å²) in [5.41, 5.74) is 2.64. The Labute approximate surface area is 156 Å². The molecular weight excluding hydrogens is 345 g/mol. The second kappa shape index (κ2) is 8.66.